The smallest absolute Gasteiger partial charge is 0.209 e. The molecule has 19 heavy (non-hydrogen) atoms. The van der Waals surface area contributed by atoms with Gasteiger partial charge in [-0.15, -0.1) is 5.10 Å². The van der Waals surface area contributed by atoms with E-state index >= 15 is 0 Å². The van der Waals surface area contributed by atoms with Crippen LogP contribution in [0.2, 0.25) is 0 Å². The van der Waals surface area contributed by atoms with E-state index in [1.807, 2.05) is 0 Å². The fourth-order valence-electron chi connectivity index (χ4n) is 1.61. The van der Waals surface area contributed by atoms with Gasteiger partial charge in [0.25, 0.3) is 0 Å². The Hall–Kier alpha value is -0.700. The molecule has 0 aliphatic carbocycles. The van der Waals surface area contributed by atoms with Gasteiger partial charge in [0.15, 0.2) is 6.29 Å². The molecule has 0 aromatic carbocycles. The minimum atomic E-state index is -0.328. The summed E-state index contributed by atoms with van der Waals surface area (Å²) in [4.78, 5) is 2.37. The summed E-state index contributed by atoms with van der Waals surface area (Å²) < 4.78 is 12.0. The predicted molar refractivity (Wildman–Crippen MR) is 74.1 cm³/mol. The molecule has 0 unspecified atom stereocenters. The summed E-state index contributed by atoms with van der Waals surface area (Å²) >= 11 is 1.65. The van der Waals surface area contributed by atoms with Crippen molar-refractivity contribution in [1.29, 1.82) is 0 Å². The molecule has 0 atom stereocenters. The molecule has 0 radical (unpaired) electrons. The van der Waals surface area contributed by atoms with E-state index in [2.05, 4.69) is 34.3 Å². The molecule has 0 aliphatic heterocycles. The Balaban J connectivity index is 2.44. The Morgan fingerprint density at radius 1 is 1.26 bits per heavy atom. The van der Waals surface area contributed by atoms with E-state index in [4.69, 9.17) is 9.47 Å². The fourth-order valence-corrected chi connectivity index (χ4v) is 2.49. The van der Waals surface area contributed by atoms with Gasteiger partial charge in [-0.25, -0.2) is 4.68 Å². The average Bonchev–Trinajstić information content (AvgIpc) is 2.88. The summed E-state index contributed by atoms with van der Waals surface area (Å²) in [5.41, 5.74) is 0. The maximum Gasteiger partial charge on any atom is 0.209 e. The second kappa shape index (κ2) is 9.24. The SMILES string of the molecule is CCN(CC)CCSc1nnnn1CC(OC)OC. The number of hydrogen-bond acceptors (Lipinski definition) is 7. The topological polar surface area (TPSA) is 65.3 Å². The quantitative estimate of drug-likeness (QED) is 0.464. The zero-order valence-corrected chi connectivity index (χ0v) is 12.9. The molecular formula is C11H23N5O2S. The van der Waals surface area contributed by atoms with E-state index < -0.39 is 0 Å². The van der Waals surface area contributed by atoms with E-state index in [0.717, 1.165) is 30.5 Å². The monoisotopic (exact) mass is 289 g/mol. The second-order valence-corrected chi connectivity index (χ2v) is 4.98. The van der Waals surface area contributed by atoms with Gasteiger partial charge in [0.2, 0.25) is 5.16 Å². The van der Waals surface area contributed by atoms with Gasteiger partial charge in [-0.05, 0) is 23.5 Å². The number of ether oxygens (including phenoxy) is 2. The summed E-state index contributed by atoms with van der Waals surface area (Å²) in [5, 5.41) is 12.5. The Labute approximate surface area is 118 Å². The van der Waals surface area contributed by atoms with Crippen molar-refractivity contribution >= 4 is 11.8 Å². The summed E-state index contributed by atoms with van der Waals surface area (Å²) in [6.07, 6.45) is -0.328. The molecule has 0 aliphatic rings. The van der Waals surface area contributed by atoms with Crippen molar-refractivity contribution in [2.75, 3.05) is 39.6 Å². The van der Waals surface area contributed by atoms with E-state index in [1.165, 1.54) is 0 Å². The third-order valence-corrected chi connectivity index (χ3v) is 3.82. The Morgan fingerprint density at radius 2 is 1.95 bits per heavy atom. The van der Waals surface area contributed by atoms with E-state index in [0.29, 0.717) is 6.54 Å². The summed E-state index contributed by atoms with van der Waals surface area (Å²) in [5.74, 6) is 0.965. The minimum Gasteiger partial charge on any atom is -0.354 e. The minimum absolute atomic E-state index is 0.328. The van der Waals surface area contributed by atoms with Crippen LogP contribution in [0.5, 0.6) is 0 Å². The number of tetrazole rings is 1. The summed E-state index contributed by atoms with van der Waals surface area (Å²) in [6, 6.07) is 0. The first-order chi connectivity index (χ1) is 9.24. The molecule has 1 aromatic heterocycles. The molecule has 1 rings (SSSR count). The van der Waals surface area contributed by atoms with Crippen LogP contribution in [-0.2, 0) is 16.0 Å². The van der Waals surface area contributed by atoms with Gasteiger partial charge in [-0.1, -0.05) is 25.6 Å². The molecule has 0 saturated carbocycles. The molecule has 0 amide bonds. The van der Waals surface area contributed by atoms with Crippen LogP contribution >= 0.6 is 11.8 Å². The van der Waals surface area contributed by atoms with Crippen molar-refractivity contribution < 1.29 is 9.47 Å². The van der Waals surface area contributed by atoms with Crippen LogP contribution in [0.15, 0.2) is 5.16 Å². The molecule has 0 saturated heterocycles. The van der Waals surface area contributed by atoms with E-state index in [1.54, 1.807) is 30.7 Å². The maximum atomic E-state index is 5.15. The molecule has 1 heterocycles. The zero-order valence-electron chi connectivity index (χ0n) is 12.1. The second-order valence-electron chi connectivity index (χ2n) is 3.92. The van der Waals surface area contributed by atoms with Gasteiger partial charge < -0.3 is 14.4 Å². The van der Waals surface area contributed by atoms with Gasteiger partial charge in [-0.3, -0.25) is 0 Å². The summed E-state index contributed by atoms with van der Waals surface area (Å²) in [6.45, 7) is 7.99. The van der Waals surface area contributed by atoms with Crippen molar-refractivity contribution in [1.82, 2.24) is 25.1 Å². The molecule has 0 bridgehead atoms. The van der Waals surface area contributed by atoms with Crippen molar-refractivity contribution in [3.63, 3.8) is 0 Å². The molecule has 0 N–H and O–H groups in total. The van der Waals surface area contributed by atoms with Crippen molar-refractivity contribution in [2.24, 2.45) is 0 Å². The van der Waals surface area contributed by atoms with E-state index in [9.17, 15) is 0 Å². The molecule has 8 heteroatoms. The van der Waals surface area contributed by atoms with Crippen LogP contribution in [0, 0.1) is 0 Å². The predicted octanol–water partition coefficient (Wildman–Crippen LogP) is 0.726. The molecule has 110 valence electrons. The van der Waals surface area contributed by atoms with Gasteiger partial charge in [0.1, 0.15) is 0 Å². The lowest BCUT2D eigenvalue weighted by Gasteiger charge is -2.17. The molecular weight excluding hydrogens is 266 g/mol. The van der Waals surface area contributed by atoms with Crippen LogP contribution < -0.4 is 0 Å². The van der Waals surface area contributed by atoms with Crippen molar-refractivity contribution in [3.05, 3.63) is 0 Å². The maximum absolute atomic E-state index is 5.15. The largest absolute Gasteiger partial charge is 0.354 e. The third kappa shape index (κ3) is 5.43. The highest BCUT2D eigenvalue weighted by Crippen LogP contribution is 2.14. The lowest BCUT2D eigenvalue weighted by atomic mass is 10.5. The zero-order chi connectivity index (χ0) is 14.1. The highest BCUT2D eigenvalue weighted by Gasteiger charge is 2.13. The number of thioether (sulfide) groups is 1. The van der Waals surface area contributed by atoms with Crippen LogP contribution in [0.25, 0.3) is 0 Å². The number of methoxy groups -OCH3 is 2. The number of rotatable bonds is 10. The number of nitrogens with zero attached hydrogens (tertiary/aromatic N) is 5. The summed E-state index contributed by atoms with van der Waals surface area (Å²) in [7, 11) is 3.21. The highest BCUT2D eigenvalue weighted by atomic mass is 32.2. The normalized spacial score (nSPS) is 11.7. The Morgan fingerprint density at radius 3 is 2.53 bits per heavy atom. The van der Waals surface area contributed by atoms with Gasteiger partial charge in [-0.2, -0.15) is 0 Å². The van der Waals surface area contributed by atoms with Gasteiger partial charge in [0.05, 0.1) is 6.54 Å². The Bertz CT molecular complexity index is 342. The first kappa shape index (κ1) is 16.4. The lowest BCUT2D eigenvalue weighted by Crippen LogP contribution is -2.25. The third-order valence-electron chi connectivity index (χ3n) is 2.88. The van der Waals surface area contributed by atoms with Crippen LogP contribution in [0.4, 0.5) is 0 Å². The molecule has 7 nitrogen and oxygen atoms in total. The fraction of sp³-hybridized carbons (Fsp3) is 0.909. The van der Waals surface area contributed by atoms with Gasteiger partial charge >= 0.3 is 0 Å². The molecule has 0 spiro atoms. The van der Waals surface area contributed by atoms with Crippen LogP contribution in [0.1, 0.15) is 13.8 Å². The van der Waals surface area contributed by atoms with Crippen LogP contribution in [-0.4, -0.2) is 71.0 Å². The van der Waals surface area contributed by atoms with Crippen molar-refractivity contribution in [3.8, 4) is 0 Å². The van der Waals surface area contributed by atoms with Crippen LogP contribution in [0.3, 0.4) is 0 Å². The standard InChI is InChI=1S/C11H23N5O2S/c1-5-15(6-2)7-8-19-11-12-13-14-16(11)9-10(17-3)18-4/h10H,5-9H2,1-4H3. The number of aromatic nitrogens is 4. The molecule has 0 fully saturated rings. The first-order valence-electron chi connectivity index (χ1n) is 6.42. The van der Waals surface area contributed by atoms with E-state index in [-0.39, 0.29) is 6.29 Å². The van der Waals surface area contributed by atoms with Crippen molar-refractivity contribution in [2.45, 2.75) is 31.8 Å². The number of hydrogen-bond donors (Lipinski definition) is 0. The van der Waals surface area contributed by atoms with Gasteiger partial charge in [0, 0.05) is 26.5 Å². The lowest BCUT2D eigenvalue weighted by molar-refractivity contribution is -0.113. The Kier molecular flexibility index (Phi) is 7.96. The average molecular weight is 289 g/mol. The first-order valence-corrected chi connectivity index (χ1v) is 7.40. The highest BCUT2D eigenvalue weighted by molar-refractivity contribution is 7.99. The molecule has 1 aromatic rings.